The molecule has 1 aromatic rings. The van der Waals surface area contributed by atoms with Crippen molar-refractivity contribution < 1.29 is 14.3 Å². The van der Waals surface area contributed by atoms with Gasteiger partial charge in [0.1, 0.15) is 12.4 Å². The molecule has 3 rings (SSSR count). The van der Waals surface area contributed by atoms with E-state index in [1.807, 2.05) is 24.3 Å². The minimum atomic E-state index is 0.287. The smallest absolute Gasteiger partial charge is 0.227 e. The molecule has 1 aliphatic carbocycles. The van der Waals surface area contributed by atoms with Crippen LogP contribution in [-0.4, -0.2) is 43.7 Å². The first-order valence-corrected chi connectivity index (χ1v) is 8.78. The third kappa shape index (κ3) is 4.05. The van der Waals surface area contributed by atoms with Gasteiger partial charge in [0.2, 0.25) is 5.91 Å². The van der Waals surface area contributed by atoms with Crippen LogP contribution >= 0.6 is 0 Å². The molecule has 0 bridgehead atoms. The van der Waals surface area contributed by atoms with E-state index in [1.165, 1.54) is 32.1 Å². The Morgan fingerprint density at radius 1 is 1.13 bits per heavy atom. The largest absolute Gasteiger partial charge is 0.491 e. The first-order valence-electron chi connectivity index (χ1n) is 8.78. The summed E-state index contributed by atoms with van der Waals surface area (Å²) < 4.78 is 10.5. The van der Waals surface area contributed by atoms with Gasteiger partial charge in [0.25, 0.3) is 0 Å². The predicted molar refractivity (Wildman–Crippen MR) is 89.6 cm³/mol. The third-order valence-corrected chi connectivity index (χ3v) is 5.15. The van der Waals surface area contributed by atoms with E-state index in [-0.39, 0.29) is 5.91 Å². The van der Waals surface area contributed by atoms with E-state index in [0.717, 1.165) is 23.8 Å². The van der Waals surface area contributed by atoms with Gasteiger partial charge in [-0.15, -0.1) is 0 Å². The molecular formula is C19H27NO3. The molecule has 1 amide bonds. The molecule has 1 saturated carbocycles. The van der Waals surface area contributed by atoms with Crippen molar-refractivity contribution in [2.45, 2.75) is 44.6 Å². The number of piperidine rings is 1. The van der Waals surface area contributed by atoms with Crippen LogP contribution in [-0.2, 0) is 16.0 Å². The van der Waals surface area contributed by atoms with Gasteiger partial charge in [-0.2, -0.15) is 0 Å². The summed E-state index contributed by atoms with van der Waals surface area (Å²) in [6, 6.07) is 8.37. The number of amides is 1. The molecule has 2 aliphatic rings. The van der Waals surface area contributed by atoms with Gasteiger partial charge >= 0.3 is 0 Å². The van der Waals surface area contributed by atoms with Crippen molar-refractivity contribution in [3.05, 3.63) is 29.8 Å². The summed E-state index contributed by atoms with van der Waals surface area (Å²) in [5, 5.41) is 0. The third-order valence-electron chi connectivity index (χ3n) is 5.15. The molecule has 1 aromatic carbocycles. The fourth-order valence-corrected chi connectivity index (χ4v) is 3.99. The van der Waals surface area contributed by atoms with Gasteiger partial charge in [-0.25, -0.2) is 0 Å². The van der Waals surface area contributed by atoms with Gasteiger partial charge in [0.05, 0.1) is 13.0 Å². The molecule has 0 unspecified atom stereocenters. The molecule has 0 spiro atoms. The van der Waals surface area contributed by atoms with Gasteiger partial charge < -0.3 is 14.4 Å². The Balaban J connectivity index is 1.55. The maximum Gasteiger partial charge on any atom is 0.227 e. The highest BCUT2D eigenvalue weighted by molar-refractivity contribution is 5.79. The van der Waals surface area contributed by atoms with Crippen LogP contribution in [0.4, 0.5) is 0 Å². The van der Waals surface area contributed by atoms with E-state index in [2.05, 4.69) is 4.90 Å². The topological polar surface area (TPSA) is 38.8 Å². The highest BCUT2D eigenvalue weighted by Crippen LogP contribution is 2.37. The Bertz CT molecular complexity index is 514. The van der Waals surface area contributed by atoms with E-state index in [9.17, 15) is 4.79 Å². The van der Waals surface area contributed by atoms with Gasteiger partial charge in [0, 0.05) is 19.7 Å². The summed E-state index contributed by atoms with van der Waals surface area (Å²) in [5.74, 6) is 1.87. The lowest BCUT2D eigenvalue weighted by atomic mass is 9.91. The Hall–Kier alpha value is -1.55. The molecule has 0 aromatic heterocycles. The Morgan fingerprint density at radius 3 is 2.70 bits per heavy atom. The Labute approximate surface area is 138 Å². The lowest BCUT2D eigenvalue weighted by Gasteiger charge is -2.38. The molecule has 0 radical (unpaired) electrons. The summed E-state index contributed by atoms with van der Waals surface area (Å²) >= 11 is 0. The number of rotatable bonds is 6. The van der Waals surface area contributed by atoms with E-state index >= 15 is 0 Å². The van der Waals surface area contributed by atoms with Crippen molar-refractivity contribution in [3.63, 3.8) is 0 Å². The lowest BCUT2D eigenvalue weighted by Crippen LogP contribution is -2.46. The number of carbonyl (C=O) groups excluding carboxylic acids is 1. The predicted octanol–water partition coefficient (Wildman–Crippen LogP) is 3.05. The van der Waals surface area contributed by atoms with Crippen LogP contribution in [0.5, 0.6) is 5.75 Å². The molecule has 4 nitrogen and oxygen atoms in total. The maximum atomic E-state index is 12.7. The summed E-state index contributed by atoms with van der Waals surface area (Å²) in [5.41, 5.74) is 1.06. The zero-order valence-corrected chi connectivity index (χ0v) is 14.0. The lowest BCUT2D eigenvalue weighted by molar-refractivity contribution is -0.135. The second kappa shape index (κ2) is 7.82. The van der Waals surface area contributed by atoms with Gasteiger partial charge in [-0.05, 0) is 49.3 Å². The van der Waals surface area contributed by atoms with Gasteiger partial charge in [-0.3, -0.25) is 4.79 Å². The molecule has 23 heavy (non-hydrogen) atoms. The number of benzene rings is 1. The quantitative estimate of drug-likeness (QED) is 0.757. The fourth-order valence-electron chi connectivity index (χ4n) is 3.99. The van der Waals surface area contributed by atoms with Gasteiger partial charge in [0.15, 0.2) is 0 Å². The molecular weight excluding hydrogens is 290 g/mol. The summed E-state index contributed by atoms with van der Waals surface area (Å²) in [6.07, 6.45) is 6.76. The van der Waals surface area contributed by atoms with E-state index < -0.39 is 0 Å². The van der Waals surface area contributed by atoms with Crippen LogP contribution in [0.3, 0.4) is 0 Å². The Kier molecular flexibility index (Phi) is 5.55. The number of carbonyl (C=O) groups is 1. The minimum Gasteiger partial charge on any atom is -0.491 e. The number of likely N-dealkylation sites (tertiary alicyclic amines) is 1. The average Bonchev–Trinajstić information content (AvgIpc) is 3.05. The molecule has 0 N–H and O–H groups in total. The molecule has 1 saturated heterocycles. The molecule has 2 atom stereocenters. The van der Waals surface area contributed by atoms with Crippen LogP contribution in [0.2, 0.25) is 0 Å². The summed E-state index contributed by atoms with van der Waals surface area (Å²) in [6.45, 7) is 2.07. The van der Waals surface area contributed by atoms with Crippen LogP contribution < -0.4 is 4.74 Å². The number of methoxy groups -OCH3 is 1. The van der Waals surface area contributed by atoms with Crippen LogP contribution in [0.25, 0.3) is 0 Å². The summed E-state index contributed by atoms with van der Waals surface area (Å²) in [7, 11) is 1.66. The second-order valence-electron chi connectivity index (χ2n) is 6.65. The van der Waals surface area contributed by atoms with Crippen molar-refractivity contribution in [2.24, 2.45) is 5.92 Å². The highest BCUT2D eigenvalue weighted by Gasteiger charge is 2.36. The van der Waals surface area contributed by atoms with E-state index in [4.69, 9.17) is 9.47 Å². The number of nitrogens with zero attached hydrogens (tertiary/aromatic N) is 1. The zero-order chi connectivity index (χ0) is 16.1. The van der Waals surface area contributed by atoms with Crippen molar-refractivity contribution >= 4 is 5.91 Å². The number of fused-ring (bicyclic) bond motifs is 1. The van der Waals surface area contributed by atoms with Gasteiger partial charge in [-0.1, -0.05) is 18.6 Å². The van der Waals surface area contributed by atoms with Crippen LogP contribution in [0, 0.1) is 5.92 Å². The SMILES string of the molecule is COCCOc1ccc(CC(=O)N2CCC[C@@H]3CCC[C@H]32)cc1. The molecule has 1 aliphatic heterocycles. The maximum absolute atomic E-state index is 12.7. The van der Waals surface area contributed by atoms with Crippen molar-refractivity contribution in [3.8, 4) is 5.75 Å². The molecule has 1 heterocycles. The van der Waals surface area contributed by atoms with Crippen LogP contribution in [0.1, 0.15) is 37.7 Å². The van der Waals surface area contributed by atoms with E-state index in [1.54, 1.807) is 7.11 Å². The second-order valence-corrected chi connectivity index (χ2v) is 6.65. The average molecular weight is 317 g/mol. The monoisotopic (exact) mass is 317 g/mol. The van der Waals surface area contributed by atoms with E-state index in [0.29, 0.717) is 25.7 Å². The first-order chi connectivity index (χ1) is 11.3. The molecule has 2 fully saturated rings. The Morgan fingerprint density at radius 2 is 1.91 bits per heavy atom. The zero-order valence-electron chi connectivity index (χ0n) is 14.0. The van der Waals surface area contributed by atoms with Crippen LogP contribution in [0.15, 0.2) is 24.3 Å². The highest BCUT2D eigenvalue weighted by atomic mass is 16.5. The summed E-state index contributed by atoms with van der Waals surface area (Å²) in [4.78, 5) is 14.8. The van der Waals surface area contributed by atoms with Crippen molar-refractivity contribution in [1.82, 2.24) is 4.90 Å². The first kappa shape index (κ1) is 16.3. The number of hydrogen-bond donors (Lipinski definition) is 0. The number of hydrogen-bond acceptors (Lipinski definition) is 3. The molecule has 4 heteroatoms. The normalized spacial score (nSPS) is 23.6. The van der Waals surface area contributed by atoms with Crippen molar-refractivity contribution in [2.75, 3.05) is 26.9 Å². The minimum absolute atomic E-state index is 0.287. The number of ether oxygens (including phenoxy) is 2. The standard InChI is InChI=1S/C19H27NO3/c1-22-12-13-23-17-9-7-15(8-10-17)14-19(21)20-11-3-5-16-4-2-6-18(16)20/h7-10,16,18H,2-6,11-14H2,1H3/t16-,18+/m0/s1. The fraction of sp³-hybridized carbons (Fsp3) is 0.632. The molecule has 126 valence electrons. The van der Waals surface area contributed by atoms with Crippen molar-refractivity contribution in [1.29, 1.82) is 0 Å².